The lowest BCUT2D eigenvalue weighted by Crippen LogP contribution is -2.11. The van der Waals surface area contributed by atoms with Gasteiger partial charge in [0.15, 0.2) is 0 Å². The van der Waals surface area contributed by atoms with Gasteiger partial charge in [0.25, 0.3) is 0 Å². The van der Waals surface area contributed by atoms with E-state index in [0.29, 0.717) is 28.9 Å². The van der Waals surface area contributed by atoms with Gasteiger partial charge in [0.2, 0.25) is 0 Å². The maximum absolute atomic E-state index is 13.4. The lowest BCUT2D eigenvalue weighted by atomic mass is 9.90. The maximum atomic E-state index is 13.4. The summed E-state index contributed by atoms with van der Waals surface area (Å²) >= 11 is 0. The Hall–Kier alpha value is -2.96. The predicted molar refractivity (Wildman–Crippen MR) is 106 cm³/mol. The average Bonchev–Trinajstić information content (AvgIpc) is 3.23. The zero-order valence-electron chi connectivity index (χ0n) is 16.9. The molecule has 7 heteroatoms. The Balaban J connectivity index is 1.92. The van der Waals surface area contributed by atoms with Gasteiger partial charge in [-0.05, 0) is 90.1 Å². The molecule has 0 N–H and O–H groups in total. The minimum Gasteiger partial charge on any atom is -0.461 e. The summed E-state index contributed by atoms with van der Waals surface area (Å²) in [4.78, 5) is 0. The zero-order chi connectivity index (χ0) is 22.7. The number of aryl methyl sites for hydroxylation is 3. The molecule has 0 bridgehead atoms. The van der Waals surface area contributed by atoms with Gasteiger partial charge in [-0.3, -0.25) is 0 Å². The number of hydrogen-bond acceptors (Lipinski definition) is 1. The standard InChI is InChI=1S/C24H18F6O/c1-12-4-5-15-7-16(21-6-13(2)14(3)31-21)10-20(15)22(12)17-8-18(23(25,26)27)11-19(9-17)24(28,29)30/h4-6,8-11H,7H2,1-3H3. The Morgan fingerprint density at radius 3 is 1.90 bits per heavy atom. The van der Waals surface area contributed by atoms with Crippen LogP contribution in [0.15, 0.2) is 40.8 Å². The van der Waals surface area contributed by atoms with Gasteiger partial charge in [-0.1, -0.05) is 12.1 Å². The van der Waals surface area contributed by atoms with Crippen molar-refractivity contribution in [1.82, 2.24) is 0 Å². The van der Waals surface area contributed by atoms with Crippen molar-refractivity contribution < 1.29 is 30.8 Å². The van der Waals surface area contributed by atoms with Crippen LogP contribution in [0.3, 0.4) is 0 Å². The third-order valence-corrected chi connectivity index (χ3v) is 5.60. The molecule has 0 aliphatic heterocycles. The highest BCUT2D eigenvalue weighted by atomic mass is 19.4. The molecular formula is C24H18F6O. The minimum atomic E-state index is -4.90. The van der Waals surface area contributed by atoms with E-state index >= 15 is 0 Å². The lowest BCUT2D eigenvalue weighted by Gasteiger charge is -2.17. The maximum Gasteiger partial charge on any atom is 0.416 e. The van der Waals surface area contributed by atoms with Crippen molar-refractivity contribution >= 4 is 11.6 Å². The normalized spacial score (nSPS) is 14.0. The number of furan rings is 1. The van der Waals surface area contributed by atoms with Gasteiger partial charge in [-0.15, -0.1) is 0 Å². The highest BCUT2D eigenvalue weighted by Gasteiger charge is 2.37. The number of halogens is 6. The highest BCUT2D eigenvalue weighted by molar-refractivity contribution is 5.94. The van der Waals surface area contributed by atoms with Gasteiger partial charge in [0, 0.05) is 6.42 Å². The van der Waals surface area contributed by atoms with Crippen molar-refractivity contribution in [1.29, 1.82) is 0 Å². The molecule has 1 nitrogen and oxygen atoms in total. The van der Waals surface area contributed by atoms with Crippen LogP contribution in [-0.2, 0) is 18.8 Å². The SMILES string of the molecule is Cc1cc(C2=Cc3c(ccc(C)c3-c3cc(C(F)(F)F)cc(C(F)(F)F)c3)C2)oc1C. The summed E-state index contributed by atoms with van der Waals surface area (Å²) in [6.45, 7) is 5.41. The summed E-state index contributed by atoms with van der Waals surface area (Å²) in [6, 6.07) is 7.16. The van der Waals surface area contributed by atoms with Crippen LogP contribution in [-0.4, -0.2) is 0 Å². The fourth-order valence-electron chi connectivity index (χ4n) is 3.89. The molecule has 0 atom stereocenters. The Labute approximate surface area is 175 Å². The number of allylic oxidation sites excluding steroid dienone is 1. The largest absolute Gasteiger partial charge is 0.461 e. The second kappa shape index (κ2) is 7.04. The molecule has 0 saturated heterocycles. The fraction of sp³-hybridized carbons (Fsp3) is 0.250. The number of fused-ring (bicyclic) bond motifs is 1. The zero-order valence-corrected chi connectivity index (χ0v) is 16.9. The van der Waals surface area contributed by atoms with Crippen LogP contribution < -0.4 is 0 Å². The quantitative estimate of drug-likeness (QED) is 0.371. The van der Waals surface area contributed by atoms with Crippen LogP contribution in [0.4, 0.5) is 26.3 Å². The molecule has 1 aliphatic rings. The minimum absolute atomic E-state index is 0.110. The summed E-state index contributed by atoms with van der Waals surface area (Å²) < 4.78 is 85.9. The van der Waals surface area contributed by atoms with Gasteiger partial charge in [0.05, 0.1) is 11.1 Å². The van der Waals surface area contributed by atoms with Crippen LogP contribution in [0, 0.1) is 20.8 Å². The lowest BCUT2D eigenvalue weighted by molar-refractivity contribution is -0.143. The van der Waals surface area contributed by atoms with Crippen molar-refractivity contribution in [2.24, 2.45) is 0 Å². The van der Waals surface area contributed by atoms with Gasteiger partial charge in [0.1, 0.15) is 11.5 Å². The number of alkyl halides is 6. The molecule has 1 aromatic heterocycles. The van der Waals surface area contributed by atoms with E-state index in [-0.39, 0.29) is 11.6 Å². The van der Waals surface area contributed by atoms with Crippen LogP contribution in [0.2, 0.25) is 0 Å². The van der Waals surface area contributed by atoms with Crippen LogP contribution in [0.1, 0.15) is 44.9 Å². The van der Waals surface area contributed by atoms with Gasteiger partial charge in [-0.2, -0.15) is 26.3 Å². The second-order valence-corrected chi connectivity index (χ2v) is 7.82. The van der Waals surface area contributed by atoms with Crippen LogP contribution >= 0.6 is 0 Å². The highest BCUT2D eigenvalue weighted by Crippen LogP contribution is 2.43. The molecule has 31 heavy (non-hydrogen) atoms. The molecule has 0 unspecified atom stereocenters. The Kier molecular flexibility index (Phi) is 4.83. The summed E-state index contributed by atoms with van der Waals surface area (Å²) in [6.07, 6.45) is -7.51. The van der Waals surface area contributed by atoms with Crippen LogP contribution in [0.25, 0.3) is 22.8 Å². The van der Waals surface area contributed by atoms with Gasteiger partial charge < -0.3 is 4.42 Å². The second-order valence-electron chi connectivity index (χ2n) is 7.82. The van der Waals surface area contributed by atoms with E-state index in [0.717, 1.165) is 34.6 Å². The first kappa shape index (κ1) is 21.3. The van der Waals surface area contributed by atoms with Crippen molar-refractivity contribution in [3.05, 3.63) is 81.3 Å². The molecule has 4 rings (SSSR count). The number of rotatable bonds is 2. The van der Waals surface area contributed by atoms with Crippen LogP contribution in [0.5, 0.6) is 0 Å². The molecule has 3 aromatic rings. The predicted octanol–water partition coefficient (Wildman–Crippen LogP) is 8.01. The Morgan fingerprint density at radius 1 is 0.774 bits per heavy atom. The summed E-state index contributed by atoms with van der Waals surface area (Å²) in [7, 11) is 0. The summed E-state index contributed by atoms with van der Waals surface area (Å²) in [5.41, 5.74) is 1.45. The molecule has 0 fully saturated rings. The van der Waals surface area contributed by atoms with E-state index in [1.165, 1.54) is 0 Å². The average molecular weight is 436 g/mol. The third kappa shape index (κ3) is 3.89. The van der Waals surface area contributed by atoms with Crippen molar-refractivity contribution in [2.75, 3.05) is 0 Å². The molecule has 2 aromatic carbocycles. The fourth-order valence-corrected chi connectivity index (χ4v) is 3.89. The molecular weight excluding hydrogens is 418 g/mol. The molecule has 162 valence electrons. The molecule has 1 aliphatic carbocycles. The molecule has 0 saturated carbocycles. The van der Waals surface area contributed by atoms with E-state index in [1.807, 2.05) is 26.0 Å². The number of benzene rings is 2. The van der Waals surface area contributed by atoms with E-state index in [4.69, 9.17) is 4.42 Å². The number of hydrogen-bond donors (Lipinski definition) is 0. The van der Waals surface area contributed by atoms with Crippen molar-refractivity contribution in [3.63, 3.8) is 0 Å². The Morgan fingerprint density at radius 2 is 1.39 bits per heavy atom. The van der Waals surface area contributed by atoms with E-state index < -0.39 is 23.5 Å². The Bertz CT molecular complexity index is 1160. The summed E-state index contributed by atoms with van der Waals surface area (Å²) in [5.74, 6) is 1.41. The third-order valence-electron chi connectivity index (χ3n) is 5.60. The van der Waals surface area contributed by atoms with E-state index in [1.54, 1.807) is 19.1 Å². The van der Waals surface area contributed by atoms with Crippen molar-refractivity contribution in [2.45, 2.75) is 39.5 Å². The molecule has 0 spiro atoms. The van der Waals surface area contributed by atoms with E-state index in [2.05, 4.69) is 0 Å². The monoisotopic (exact) mass is 436 g/mol. The molecule has 1 heterocycles. The first-order valence-electron chi connectivity index (χ1n) is 9.55. The molecule has 0 radical (unpaired) electrons. The first-order chi connectivity index (χ1) is 14.3. The van der Waals surface area contributed by atoms with Gasteiger partial charge >= 0.3 is 12.4 Å². The summed E-state index contributed by atoms with van der Waals surface area (Å²) in [5, 5.41) is 0. The van der Waals surface area contributed by atoms with Crippen molar-refractivity contribution in [3.8, 4) is 11.1 Å². The van der Waals surface area contributed by atoms with E-state index in [9.17, 15) is 26.3 Å². The topological polar surface area (TPSA) is 13.1 Å². The van der Waals surface area contributed by atoms with Gasteiger partial charge in [-0.25, -0.2) is 0 Å². The first-order valence-corrected chi connectivity index (χ1v) is 9.55. The molecule has 0 amide bonds. The smallest absolute Gasteiger partial charge is 0.416 e.